The minimum Gasteiger partial charge on any atom is -0.850 e. The van der Waals surface area contributed by atoms with Crippen LogP contribution in [-0.2, 0) is 0 Å². The number of benzene rings is 16. The third kappa shape index (κ3) is 16.5. The van der Waals surface area contributed by atoms with Crippen LogP contribution in [0.1, 0.15) is 85.0 Å². The Morgan fingerprint density at radius 2 is 0.706 bits per heavy atom. The van der Waals surface area contributed by atoms with Gasteiger partial charge in [-0.3, -0.25) is 0 Å². The van der Waals surface area contributed by atoms with Crippen molar-refractivity contribution in [3.8, 4) is 61.9 Å². The summed E-state index contributed by atoms with van der Waals surface area (Å²) in [5, 5.41) is 27.2. The van der Waals surface area contributed by atoms with Gasteiger partial charge in [-0.05, 0) is 220 Å². The van der Waals surface area contributed by atoms with Crippen LogP contribution in [0.3, 0.4) is 0 Å². The molecule has 24 rings (SSSR count). The van der Waals surface area contributed by atoms with Gasteiger partial charge in [0.05, 0.1) is 63.3 Å². The predicted molar refractivity (Wildman–Crippen MR) is 541 cm³/mol. The van der Waals surface area contributed by atoms with E-state index >= 15 is 0 Å². The van der Waals surface area contributed by atoms with E-state index in [1.165, 1.54) is 241 Å². The first kappa shape index (κ1) is 84.1. The van der Waals surface area contributed by atoms with Crippen molar-refractivity contribution in [1.82, 2.24) is 18.7 Å². The molecule has 1 N–H and O–H groups in total. The normalized spacial score (nSPS) is 13.3. The molecule has 0 amide bonds. The van der Waals surface area contributed by atoms with Crippen LogP contribution in [0.15, 0.2) is 362 Å². The maximum atomic E-state index is 10.1. The van der Waals surface area contributed by atoms with Gasteiger partial charge in [0, 0.05) is 106 Å². The monoisotopic (exact) mass is 1770 g/mol. The van der Waals surface area contributed by atoms with Crippen LogP contribution in [-0.4, -0.2) is 49.8 Å². The zero-order valence-electron chi connectivity index (χ0n) is 72.0. The van der Waals surface area contributed by atoms with Gasteiger partial charge in [-0.2, -0.15) is 0 Å². The molecule has 16 aromatic carbocycles. The Bertz CT molecular complexity index is 7670. The summed E-state index contributed by atoms with van der Waals surface area (Å²) in [6, 6.07) is 129. The SMILES string of the molecule is Brc1cccc2c1sc1ccccc12.CC(C)(C)[O-].COc1cccc(OC)c1-c1ccccc1P(C1CCCCC1)C1CCCCC1.[Na+].c1ccc(-n2c3ccccc3c3cc(-c4ccc5[nH]c6ccccc6c5c4)ccc32)cc1.c1ccc(-n2c3ccccc3c3cc(-c4ccc5c(c4)c4ccccc4n5-c4cccc5c4sc4ccccc45)ccc32)cc1. The number of ether oxygens (including phenoxy) is 2. The number of methoxy groups -OCH3 is 2. The molecule has 22 aromatic rings. The summed E-state index contributed by atoms with van der Waals surface area (Å²) < 4.78 is 25.3. The van der Waals surface area contributed by atoms with Crippen molar-refractivity contribution < 1.29 is 44.1 Å². The zero-order valence-corrected chi connectivity index (χ0v) is 78.1. The third-order valence-corrected chi connectivity index (χ3v) is 31.9. The number of halogens is 1. The van der Waals surface area contributed by atoms with E-state index in [0.717, 1.165) is 28.4 Å². The Hall–Kier alpha value is -11.4. The molecule has 0 radical (unpaired) electrons. The maximum absolute atomic E-state index is 10.1. The van der Waals surface area contributed by atoms with E-state index in [1.54, 1.807) is 40.3 Å². The van der Waals surface area contributed by atoms with Crippen LogP contribution in [0.25, 0.3) is 178 Å². The fraction of sp³-hybridized carbons (Fsp3) is 0.158. The fourth-order valence-electron chi connectivity index (χ4n) is 19.5. The standard InChI is InChI=1S/C42H26N2S.C30H20N2.C26H35O2P.C12H7BrS.C4H9O.Na/c1-2-11-29(12-3-1)43-36-17-7-4-13-30(36)34-25-27(21-23-38(34)43)28-22-24-39-35(26-28)31-14-5-8-18-37(31)44(39)40-19-10-16-33-32-15-6-9-20-41(32)45-42(33)40;1-2-8-22(9-3-1)32-29-13-7-5-11-24(29)26-19-21(15-17-30(26)32)20-14-16-28-25(18-20)23-10-4-6-12-27(23)31-28;1-27-23-17-11-18-24(28-2)26(23)22-16-9-10-19-25(22)29(20-12-5-3-6-13-20)21-14-7-4-8-15-21;13-10-6-3-5-9-8-4-1-2-7-11(8)14-12(9)10;1-4(2,3)5;/h1-26H;1-19,31H;9-11,16-21H,3-8,12-15H2,1-2H3;1-7H;1-3H3;/q;;;;-1;+1. The molecule has 6 heterocycles. The molecule has 126 heavy (non-hydrogen) atoms. The van der Waals surface area contributed by atoms with E-state index in [9.17, 15) is 5.11 Å². The van der Waals surface area contributed by atoms with E-state index in [-0.39, 0.29) is 37.5 Å². The Morgan fingerprint density at radius 1 is 0.341 bits per heavy atom. The molecule has 2 fully saturated rings. The number of aromatic amines is 1. The van der Waals surface area contributed by atoms with Gasteiger partial charge in [0.2, 0.25) is 0 Å². The molecule has 12 heteroatoms. The second-order valence-corrected chi connectivity index (χ2v) is 39.7. The molecule has 2 saturated carbocycles. The number of aromatic nitrogens is 4. The van der Waals surface area contributed by atoms with Gasteiger partial charge in [0.25, 0.3) is 0 Å². The predicted octanol–water partition coefficient (Wildman–Crippen LogP) is 29.1. The molecule has 0 atom stereocenters. The number of nitrogens with one attached hydrogen (secondary N) is 1. The van der Waals surface area contributed by atoms with E-state index in [2.05, 4.69) is 386 Å². The van der Waals surface area contributed by atoms with Crippen molar-refractivity contribution in [2.75, 3.05) is 14.2 Å². The first-order valence-electron chi connectivity index (χ1n) is 43.9. The maximum Gasteiger partial charge on any atom is 1.00 e. The van der Waals surface area contributed by atoms with Crippen molar-refractivity contribution in [2.45, 2.75) is 102 Å². The van der Waals surface area contributed by atoms with Gasteiger partial charge in [0.15, 0.2) is 0 Å². The molecule has 2 aliphatic rings. The van der Waals surface area contributed by atoms with Crippen molar-refractivity contribution in [1.29, 1.82) is 0 Å². The number of H-pyrrole nitrogens is 1. The van der Waals surface area contributed by atoms with Crippen molar-refractivity contribution in [2.24, 2.45) is 0 Å². The van der Waals surface area contributed by atoms with Gasteiger partial charge in [-0.1, -0.05) is 292 Å². The molecular formula is C114H97BrN4NaO3PS2. The molecule has 0 aliphatic heterocycles. The van der Waals surface area contributed by atoms with Crippen LogP contribution >= 0.6 is 46.5 Å². The summed E-state index contributed by atoms with van der Waals surface area (Å²) in [6.07, 6.45) is 14.2. The van der Waals surface area contributed by atoms with Crippen LogP contribution < -0.4 is 49.4 Å². The summed E-state index contributed by atoms with van der Waals surface area (Å²) in [7, 11) is 3.36. The Morgan fingerprint density at radius 3 is 1.21 bits per heavy atom. The Kier molecular flexibility index (Phi) is 24.6. The molecule has 0 saturated heterocycles. The van der Waals surface area contributed by atoms with Gasteiger partial charge >= 0.3 is 29.6 Å². The number of rotatable bonds is 11. The first-order chi connectivity index (χ1) is 61.4. The fourth-order valence-corrected chi connectivity index (χ4v) is 26.4. The summed E-state index contributed by atoms with van der Waals surface area (Å²) in [4.78, 5) is 3.53. The van der Waals surface area contributed by atoms with Gasteiger partial charge in [-0.15, -0.1) is 28.3 Å². The van der Waals surface area contributed by atoms with E-state index < -0.39 is 5.60 Å². The summed E-state index contributed by atoms with van der Waals surface area (Å²) >= 11 is 7.31. The zero-order chi connectivity index (χ0) is 84.7. The average Bonchev–Trinajstić information content (AvgIpc) is 1.57. The van der Waals surface area contributed by atoms with Crippen molar-refractivity contribution in [3.05, 3.63) is 362 Å². The second kappa shape index (κ2) is 36.9. The number of nitrogens with zero attached hydrogens (tertiary/aromatic N) is 3. The molecule has 0 unspecified atom stereocenters. The number of thiophene rings is 2. The van der Waals surface area contributed by atoms with Crippen molar-refractivity contribution in [3.63, 3.8) is 0 Å². The number of hydrogen-bond acceptors (Lipinski definition) is 5. The second-order valence-electron chi connectivity index (χ2n) is 34.0. The average molecular weight is 1770 g/mol. The van der Waals surface area contributed by atoms with Crippen LogP contribution in [0.2, 0.25) is 0 Å². The molecule has 2 aliphatic carbocycles. The number of fused-ring (bicyclic) bond motifs is 18. The van der Waals surface area contributed by atoms with E-state index in [1.807, 2.05) is 28.7 Å². The van der Waals surface area contributed by atoms with Crippen LogP contribution in [0.5, 0.6) is 11.5 Å². The van der Waals surface area contributed by atoms with Crippen LogP contribution in [0.4, 0.5) is 0 Å². The summed E-state index contributed by atoms with van der Waals surface area (Å²) in [6.45, 7) is 4.90. The van der Waals surface area contributed by atoms with E-state index in [4.69, 9.17) is 9.47 Å². The smallest absolute Gasteiger partial charge is 0.850 e. The Balaban J connectivity index is 0.000000114. The van der Waals surface area contributed by atoms with Gasteiger partial charge in [-0.25, -0.2) is 0 Å². The van der Waals surface area contributed by atoms with Crippen LogP contribution in [0, 0.1) is 0 Å². The molecule has 0 bridgehead atoms. The molecule has 616 valence electrons. The molecular weight excluding hydrogens is 1670 g/mol. The molecule has 7 nitrogen and oxygen atoms in total. The minimum atomic E-state index is -0.750. The number of hydrogen-bond donors (Lipinski definition) is 1. The first-order valence-corrected chi connectivity index (χ1v) is 47.8. The summed E-state index contributed by atoms with van der Waals surface area (Å²) in [5.74, 6) is 1.83. The third-order valence-electron chi connectivity index (χ3n) is 25.0. The van der Waals surface area contributed by atoms with Crippen molar-refractivity contribution >= 4 is 179 Å². The quantitative estimate of drug-likeness (QED) is 0.104. The minimum absolute atomic E-state index is 0. The topological polar surface area (TPSA) is 72.1 Å². The Labute approximate surface area is 775 Å². The van der Waals surface area contributed by atoms with E-state index in [0.29, 0.717) is 0 Å². The summed E-state index contributed by atoms with van der Waals surface area (Å²) in [5.41, 5.74) is 21.7. The largest absolute Gasteiger partial charge is 1.00 e. The molecule has 6 aromatic heterocycles. The van der Waals surface area contributed by atoms with Gasteiger partial charge < -0.3 is 33.3 Å². The number of para-hydroxylation sites is 6. The van der Waals surface area contributed by atoms with Gasteiger partial charge in [0.1, 0.15) is 11.5 Å². The molecule has 0 spiro atoms.